The van der Waals surface area contributed by atoms with Gasteiger partial charge in [0.05, 0.1) is 17.0 Å². The van der Waals surface area contributed by atoms with Crippen LogP contribution in [-0.4, -0.2) is 36.2 Å². The van der Waals surface area contributed by atoms with Crippen molar-refractivity contribution in [1.82, 2.24) is 5.32 Å². The number of ether oxygens (including phenoxy) is 1. The molecule has 0 aliphatic carbocycles. The van der Waals surface area contributed by atoms with Gasteiger partial charge >= 0.3 is 5.97 Å². The molecule has 6 nitrogen and oxygen atoms in total. The SMILES string of the molecule is CCCC(C)NC(=O)COC(=O)c1ccc2c(c1)NC(=O)CS2. The molecular formula is C16H20N2O4S. The third-order valence-corrected chi connectivity index (χ3v) is 4.39. The summed E-state index contributed by atoms with van der Waals surface area (Å²) in [6.07, 6.45) is 1.85. The Bertz CT molecular complexity index is 618. The van der Waals surface area contributed by atoms with E-state index in [2.05, 4.69) is 10.6 Å². The lowest BCUT2D eigenvalue weighted by Gasteiger charge is -2.17. The van der Waals surface area contributed by atoms with Crippen LogP contribution in [0.1, 0.15) is 37.0 Å². The number of esters is 1. The number of hydrogen-bond acceptors (Lipinski definition) is 5. The first kappa shape index (κ1) is 17.3. The highest BCUT2D eigenvalue weighted by Crippen LogP contribution is 2.32. The summed E-state index contributed by atoms with van der Waals surface area (Å²) in [5.74, 6) is -0.637. The van der Waals surface area contributed by atoms with E-state index in [1.54, 1.807) is 18.2 Å². The normalized spacial score (nSPS) is 14.4. The van der Waals surface area contributed by atoms with Gasteiger partial charge in [0.25, 0.3) is 5.91 Å². The van der Waals surface area contributed by atoms with E-state index in [4.69, 9.17) is 4.74 Å². The molecule has 1 atom stereocenters. The lowest BCUT2D eigenvalue weighted by molar-refractivity contribution is -0.124. The number of rotatable bonds is 6. The number of amides is 2. The van der Waals surface area contributed by atoms with Crippen LogP contribution in [0, 0.1) is 0 Å². The number of carbonyl (C=O) groups is 3. The maximum atomic E-state index is 12.0. The summed E-state index contributed by atoms with van der Waals surface area (Å²) in [4.78, 5) is 36.0. The van der Waals surface area contributed by atoms with Crippen LogP contribution in [0.25, 0.3) is 0 Å². The molecule has 7 heteroatoms. The molecule has 1 heterocycles. The highest BCUT2D eigenvalue weighted by atomic mass is 32.2. The van der Waals surface area contributed by atoms with E-state index >= 15 is 0 Å². The van der Waals surface area contributed by atoms with Gasteiger partial charge in [0.15, 0.2) is 6.61 Å². The smallest absolute Gasteiger partial charge is 0.338 e. The monoisotopic (exact) mass is 336 g/mol. The molecular weight excluding hydrogens is 316 g/mol. The summed E-state index contributed by atoms with van der Waals surface area (Å²) < 4.78 is 5.02. The highest BCUT2D eigenvalue weighted by Gasteiger charge is 2.18. The average Bonchev–Trinajstić information content (AvgIpc) is 2.52. The van der Waals surface area contributed by atoms with Gasteiger partial charge in [0.2, 0.25) is 5.91 Å². The van der Waals surface area contributed by atoms with Crippen molar-refractivity contribution >= 4 is 35.2 Å². The van der Waals surface area contributed by atoms with Crippen LogP contribution in [0.3, 0.4) is 0 Å². The fourth-order valence-corrected chi connectivity index (χ4v) is 3.03. The van der Waals surface area contributed by atoms with Gasteiger partial charge in [0.1, 0.15) is 0 Å². The third-order valence-electron chi connectivity index (χ3n) is 3.31. The first-order valence-corrected chi connectivity index (χ1v) is 8.51. The number of fused-ring (bicyclic) bond motifs is 1. The standard InChI is InChI=1S/C16H20N2O4S/c1-3-4-10(2)17-14(19)8-22-16(21)11-5-6-13-12(7-11)18-15(20)9-23-13/h5-7,10H,3-4,8-9H2,1-2H3,(H,17,19)(H,18,20). The molecule has 2 N–H and O–H groups in total. The van der Waals surface area contributed by atoms with Gasteiger partial charge in [-0.2, -0.15) is 0 Å². The minimum Gasteiger partial charge on any atom is -0.452 e. The molecule has 0 radical (unpaired) electrons. The molecule has 2 rings (SSSR count). The van der Waals surface area contributed by atoms with E-state index in [0.29, 0.717) is 17.0 Å². The number of hydrogen-bond donors (Lipinski definition) is 2. The summed E-state index contributed by atoms with van der Waals surface area (Å²) in [5.41, 5.74) is 0.905. The van der Waals surface area contributed by atoms with E-state index < -0.39 is 5.97 Å². The first-order valence-electron chi connectivity index (χ1n) is 7.52. The van der Waals surface area contributed by atoms with Crippen LogP contribution < -0.4 is 10.6 Å². The van der Waals surface area contributed by atoms with Crippen LogP contribution in [0.4, 0.5) is 5.69 Å². The summed E-state index contributed by atoms with van der Waals surface area (Å²) in [7, 11) is 0. The van der Waals surface area contributed by atoms with Crippen molar-refractivity contribution in [2.75, 3.05) is 17.7 Å². The van der Waals surface area contributed by atoms with E-state index in [1.807, 2.05) is 13.8 Å². The summed E-state index contributed by atoms with van der Waals surface area (Å²) in [6, 6.07) is 5.02. The average molecular weight is 336 g/mol. The highest BCUT2D eigenvalue weighted by molar-refractivity contribution is 8.00. The molecule has 0 saturated heterocycles. The van der Waals surface area contributed by atoms with Crippen molar-refractivity contribution in [2.45, 2.75) is 37.6 Å². The Morgan fingerprint density at radius 2 is 2.22 bits per heavy atom. The molecule has 1 aromatic carbocycles. The Morgan fingerprint density at radius 3 is 2.96 bits per heavy atom. The van der Waals surface area contributed by atoms with Gasteiger partial charge in [-0.15, -0.1) is 11.8 Å². The Balaban J connectivity index is 1.90. The summed E-state index contributed by atoms with van der Waals surface area (Å²) >= 11 is 1.42. The van der Waals surface area contributed by atoms with Gasteiger partial charge < -0.3 is 15.4 Å². The number of carbonyl (C=O) groups excluding carboxylic acids is 3. The second kappa shape index (κ2) is 8.01. The predicted octanol–water partition coefficient (Wildman–Crippen LogP) is 2.19. The van der Waals surface area contributed by atoms with Crippen LogP contribution in [0.15, 0.2) is 23.1 Å². The fraction of sp³-hybridized carbons (Fsp3) is 0.438. The number of thioether (sulfide) groups is 1. The van der Waals surface area contributed by atoms with Crippen molar-refractivity contribution in [3.05, 3.63) is 23.8 Å². The van der Waals surface area contributed by atoms with Gasteiger partial charge in [-0.05, 0) is 31.5 Å². The minimum atomic E-state index is -0.587. The van der Waals surface area contributed by atoms with Gasteiger partial charge in [-0.3, -0.25) is 9.59 Å². The topological polar surface area (TPSA) is 84.5 Å². The molecule has 2 amide bonds. The molecule has 0 fully saturated rings. The van der Waals surface area contributed by atoms with Gasteiger partial charge in [-0.1, -0.05) is 13.3 Å². The maximum Gasteiger partial charge on any atom is 0.338 e. The molecule has 0 saturated carbocycles. The van der Waals surface area contributed by atoms with Crippen LogP contribution in [-0.2, 0) is 14.3 Å². The lowest BCUT2D eigenvalue weighted by Crippen LogP contribution is -2.35. The van der Waals surface area contributed by atoms with Crippen molar-refractivity contribution in [1.29, 1.82) is 0 Å². The zero-order valence-corrected chi connectivity index (χ0v) is 14.0. The second-order valence-electron chi connectivity index (χ2n) is 5.38. The fourth-order valence-electron chi connectivity index (χ4n) is 2.25. The Morgan fingerprint density at radius 1 is 1.43 bits per heavy atom. The molecule has 0 spiro atoms. The summed E-state index contributed by atoms with van der Waals surface area (Å²) in [6.45, 7) is 3.63. The van der Waals surface area contributed by atoms with E-state index in [0.717, 1.165) is 17.7 Å². The zero-order chi connectivity index (χ0) is 16.8. The molecule has 1 unspecified atom stereocenters. The van der Waals surface area contributed by atoms with Crippen molar-refractivity contribution < 1.29 is 19.1 Å². The van der Waals surface area contributed by atoms with Crippen LogP contribution in [0.5, 0.6) is 0 Å². The van der Waals surface area contributed by atoms with Crippen LogP contribution >= 0.6 is 11.8 Å². The van der Waals surface area contributed by atoms with E-state index in [1.165, 1.54) is 11.8 Å². The molecule has 124 valence electrons. The maximum absolute atomic E-state index is 12.0. The first-order chi connectivity index (χ1) is 11.0. The predicted molar refractivity (Wildman–Crippen MR) is 88.6 cm³/mol. The number of benzene rings is 1. The second-order valence-corrected chi connectivity index (χ2v) is 6.40. The minimum absolute atomic E-state index is 0.0576. The van der Waals surface area contributed by atoms with E-state index in [9.17, 15) is 14.4 Å². The molecule has 0 aromatic heterocycles. The summed E-state index contributed by atoms with van der Waals surface area (Å²) in [5, 5.41) is 5.48. The number of nitrogens with one attached hydrogen (secondary N) is 2. The van der Waals surface area contributed by atoms with Gasteiger partial charge in [-0.25, -0.2) is 4.79 Å². The molecule has 1 aliphatic rings. The zero-order valence-electron chi connectivity index (χ0n) is 13.2. The molecule has 1 aliphatic heterocycles. The van der Waals surface area contributed by atoms with Crippen molar-refractivity contribution in [2.24, 2.45) is 0 Å². The Kier molecular flexibility index (Phi) is 6.04. The van der Waals surface area contributed by atoms with E-state index in [-0.39, 0.29) is 24.5 Å². The number of anilines is 1. The van der Waals surface area contributed by atoms with Gasteiger partial charge in [0, 0.05) is 10.9 Å². The Hall–Kier alpha value is -2.02. The molecule has 23 heavy (non-hydrogen) atoms. The molecule has 1 aromatic rings. The third kappa shape index (κ3) is 4.99. The lowest BCUT2D eigenvalue weighted by atomic mass is 10.2. The quantitative estimate of drug-likeness (QED) is 0.778. The largest absolute Gasteiger partial charge is 0.452 e. The Labute approximate surface area is 139 Å². The van der Waals surface area contributed by atoms with Crippen molar-refractivity contribution in [3.63, 3.8) is 0 Å². The molecule has 0 bridgehead atoms. The van der Waals surface area contributed by atoms with Crippen LogP contribution in [0.2, 0.25) is 0 Å². The van der Waals surface area contributed by atoms with Crippen molar-refractivity contribution in [3.8, 4) is 0 Å².